The van der Waals surface area contributed by atoms with Crippen molar-refractivity contribution < 1.29 is 4.79 Å². The van der Waals surface area contributed by atoms with Crippen LogP contribution in [0.3, 0.4) is 0 Å². The zero-order valence-electron chi connectivity index (χ0n) is 16.9. The Morgan fingerprint density at radius 3 is 2.77 bits per heavy atom. The largest absolute Gasteiger partial charge is 0.301 e. The number of carbonyl (C=O) groups excluding carboxylic acids is 1. The fourth-order valence-corrected chi connectivity index (χ4v) is 5.24. The van der Waals surface area contributed by atoms with Gasteiger partial charge in [0.15, 0.2) is 16.1 Å². The lowest BCUT2D eigenvalue weighted by molar-refractivity contribution is -0.113. The summed E-state index contributed by atoms with van der Waals surface area (Å²) in [5, 5.41) is 16.9. The molecule has 0 aliphatic heterocycles. The summed E-state index contributed by atoms with van der Waals surface area (Å²) in [5.41, 5.74) is 2.92. The van der Waals surface area contributed by atoms with E-state index < -0.39 is 0 Å². The van der Waals surface area contributed by atoms with Crippen LogP contribution in [-0.4, -0.2) is 31.4 Å². The van der Waals surface area contributed by atoms with Crippen molar-refractivity contribution >= 4 is 45.5 Å². The van der Waals surface area contributed by atoms with Gasteiger partial charge in [0.1, 0.15) is 0 Å². The zero-order chi connectivity index (χ0) is 21.6. The third kappa shape index (κ3) is 5.12. The molecule has 4 rings (SSSR count). The van der Waals surface area contributed by atoms with E-state index in [2.05, 4.69) is 45.4 Å². The number of carbonyl (C=O) groups is 1. The average Bonchev–Trinajstić information content (AvgIpc) is 3.53. The van der Waals surface area contributed by atoms with Crippen molar-refractivity contribution in [2.45, 2.75) is 25.0 Å². The Bertz CT molecular complexity index is 1180. The lowest BCUT2D eigenvalue weighted by atomic mass is 10.2. The van der Waals surface area contributed by atoms with Gasteiger partial charge in [-0.1, -0.05) is 55.1 Å². The number of thiophene rings is 1. The molecular formula is C22H21N5OS3. The van der Waals surface area contributed by atoms with Crippen LogP contribution in [0.1, 0.15) is 11.8 Å². The van der Waals surface area contributed by atoms with E-state index in [-0.39, 0.29) is 11.7 Å². The van der Waals surface area contributed by atoms with Gasteiger partial charge in [0.25, 0.3) is 0 Å². The lowest BCUT2D eigenvalue weighted by Gasteiger charge is -2.06. The second kappa shape index (κ2) is 10.0. The van der Waals surface area contributed by atoms with Crippen LogP contribution in [0.25, 0.3) is 22.6 Å². The maximum absolute atomic E-state index is 12.5. The highest BCUT2D eigenvalue weighted by atomic mass is 32.2. The highest BCUT2D eigenvalue weighted by molar-refractivity contribution is 7.99. The van der Waals surface area contributed by atoms with Gasteiger partial charge in [-0.2, -0.15) is 0 Å². The number of rotatable bonds is 9. The molecule has 3 aromatic heterocycles. The van der Waals surface area contributed by atoms with Gasteiger partial charge in [0.2, 0.25) is 5.91 Å². The van der Waals surface area contributed by atoms with Crippen LogP contribution in [-0.2, 0) is 17.8 Å². The first-order valence-corrected chi connectivity index (χ1v) is 12.5. The number of nitrogens with zero attached hydrogens (tertiary/aromatic N) is 4. The van der Waals surface area contributed by atoms with Crippen molar-refractivity contribution in [1.82, 2.24) is 19.7 Å². The minimum absolute atomic E-state index is 0.127. The van der Waals surface area contributed by atoms with Crippen LogP contribution < -0.4 is 5.32 Å². The van der Waals surface area contributed by atoms with Crippen LogP contribution in [0.5, 0.6) is 0 Å². The van der Waals surface area contributed by atoms with E-state index in [1.165, 1.54) is 28.0 Å². The van der Waals surface area contributed by atoms with Crippen LogP contribution in [0, 0.1) is 0 Å². The van der Waals surface area contributed by atoms with Gasteiger partial charge in [-0.05, 0) is 12.5 Å². The molecule has 6 nitrogen and oxygen atoms in total. The van der Waals surface area contributed by atoms with Crippen molar-refractivity contribution in [3.63, 3.8) is 0 Å². The van der Waals surface area contributed by atoms with Crippen molar-refractivity contribution in [3.05, 3.63) is 64.7 Å². The first kappa shape index (κ1) is 21.5. The molecule has 0 spiro atoms. The number of thiazole rings is 1. The summed E-state index contributed by atoms with van der Waals surface area (Å²) >= 11 is 4.49. The van der Waals surface area contributed by atoms with Crippen LogP contribution in [0.2, 0.25) is 0 Å². The first-order valence-electron chi connectivity index (χ1n) is 9.73. The molecule has 0 unspecified atom stereocenters. The minimum Gasteiger partial charge on any atom is -0.301 e. The number of amides is 1. The lowest BCUT2D eigenvalue weighted by Crippen LogP contribution is -2.14. The molecule has 1 aromatic carbocycles. The predicted molar refractivity (Wildman–Crippen MR) is 130 cm³/mol. The fourth-order valence-electron chi connectivity index (χ4n) is 2.94. The second-order valence-electron chi connectivity index (χ2n) is 6.60. The topological polar surface area (TPSA) is 72.7 Å². The standard InChI is InChI=1S/C22H21N5OS3/c1-3-10-27-20(16-11-17(4-2)29-12-16)25-26-22(27)31-14-19(28)24-21-23-18(13-30-21)15-8-6-5-7-9-15/h3,5-9,11-13H,1,4,10,14H2,2H3,(H,23,24,28). The molecule has 4 aromatic rings. The van der Waals surface area contributed by atoms with Gasteiger partial charge in [0, 0.05) is 33.3 Å². The number of benzene rings is 1. The Morgan fingerprint density at radius 2 is 2.03 bits per heavy atom. The summed E-state index contributed by atoms with van der Waals surface area (Å²) in [5.74, 6) is 0.892. The van der Waals surface area contributed by atoms with Crippen molar-refractivity contribution in [2.75, 3.05) is 11.1 Å². The van der Waals surface area contributed by atoms with Gasteiger partial charge in [0.05, 0.1) is 11.4 Å². The smallest absolute Gasteiger partial charge is 0.236 e. The monoisotopic (exact) mass is 467 g/mol. The van der Waals surface area contributed by atoms with Gasteiger partial charge >= 0.3 is 0 Å². The average molecular weight is 468 g/mol. The Kier molecular flexibility index (Phi) is 6.96. The molecule has 0 bridgehead atoms. The van der Waals surface area contributed by atoms with Crippen LogP contribution >= 0.6 is 34.4 Å². The van der Waals surface area contributed by atoms with Crippen molar-refractivity contribution in [1.29, 1.82) is 0 Å². The van der Waals surface area contributed by atoms with E-state index in [1.54, 1.807) is 11.3 Å². The number of hydrogen-bond donors (Lipinski definition) is 1. The maximum atomic E-state index is 12.5. The van der Waals surface area contributed by atoms with Crippen LogP contribution in [0.15, 0.2) is 65.0 Å². The van der Waals surface area contributed by atoms with Crippen LogP contribution in [0.4, 0.5) is 5.13 Å². The molecule has 9 heteroatoms. The van der Waals surface area contributed by atoms with Crippen molar-refractivity contribution in [3.8, 4) is 22.6 Å². The number of nitrogens with one attached hydrogen (secondary N) is 1. The summed E-state index contributed by atoms with van der Waals surface area (Å²) in [4.78, 5) is 18.3. The summed E-state index contributed by atoms with van der Waals surface area (Å²) in [6.07, 6.45) is 2.80. The number of anilines is 1. The molecule has 1 amide bonds. The molecular weight excluding hydrogens is 446 g/mol. The van der Waals surface area contributed by atoms with E-state index >= 15 is 0 Å². The Hall–Kier alpha value is -2.75. The Morgan fingerprint density at radius 1 is 1.19 bits per heavy atom. The summed E-state index contributed by atoms with van der Waals surface area (Å²) in [6.45, 7) is 6.56. The molecule has 1 N–H and O–H groups in total. The van der Waals surface area contributed by atoms with E-state index in [1.807, 2.05) is 46.4 Å². The number of hydrogen-bond acceptors (Lipinski definition) is 7. The molecule has 0 saturated carbocycles. The highest BCUT2D eigenvalue weighted by Crippen LogP contribution is 2.29. The molecule has 31 heavy (non-hydrogen) atoms. The van der Waals surface area contributed by atoms with E-state index in [0.29, 0.717) is 16.8 Å². The molecule has 158 valence electrons. The van der Waals surface area contributed by atoms with E-state index in [4.69, 9.17) is 0 Å². The summed E-state index contributed by atoms with van der Waals surface area (Å²) < 4.78 is 1.99. The SMILES string of the molecule is C=CCn1c(SCC(=O)Nc2nc(-c3ccccc3)cs2)nnc1-c1csc(CC)c1. The Balaban J connectivity index is 1.41. The van der Waals surface area contributed by atoms with Gasteiger partial charge in [-0.25, -0.2) is 4.98 Å². The van der Waals surface area contributed by atoms with Gasteiger partial charge in [-0.15, -0.1) is 39.4 Å². The van der Waals surface area contributed by atoms with Gasteiger partial charge < -0.3 is 5.32 Å². The molecule has 0 radical (unpaired) electrons. The summed E-state index contributed by atoms with van der Waals surface area (Å²) in [6, 6.07) is 12.0. The molecule has 0 aliphatic rings. The normalized spacial score (nSPS) is 10.9. The fraction of sp³-hybridized carbons (Fsp3) is 0.182. The first-order chi connectivity index (χ1) is 15.2. The third-order valence-electron chi connectivity index (χ3n) is 4.44. The quantitative estimate of drug-likeness (QED) is 0.256. The number of allylic oxidation sites excluding steroid dienone is 1. The number of aromatic nitrogens is 4. The molecule has 3 heterocycles. The molecule has 0 atom stereocenters. The van der Waals surface area contributed by atoms with E-state index in [0.717, 1.165) is 29.1 Å². The second-order valence-corrected chi connectivity index (χ2v) is 9.40. The Labute approximate surface area is 193 Å². The number of thioether (sulfide) groups is 1. The minimum atomic E-state index is -0.127. The molecule has 0 fully saturated rings. The number of aryl methyl sites for hydroxylation is 1. The van der Waals surface area contributed by atoms with E-state index in [9.17, 15) is 4.79 Å². The van der Waals surface area contributed by atoms with Crippen molar-refractivity contribution in [2.24, 2.45) is 0 Å². The molecule has 0 aliphatic carbocycles. The predicted octanol–water partition coefficient (Wildman–Crippen LogP) is 5.61. The summed E-state index contributed by atoms with van der Waals surface area (Å²) in [7, 11) is 0. The maximum Gasteiger partial charge on any atom is 0.236 e. The molecule has 0 saturated heterocycles. The van der Waals surface area contributed by atoms with Gasteiger partial charge in [-0.3, -0.25) is 9.36 Å². The third-order valence-corrected chi connectivity index (χ3v) is 7.25. The zero-order valence-corrected chi connectivity index (χ0v) is 19.4. The highest BCUT2D eigenvalue weighted by Gasteiger charge is 2.16.